The van der Waals surface area contributed by atoms with Crippen LogP contribution in [0.15, 0.2) is 24.5 Å². The summed E-state index contributed by atoms with van der Waals surface area (Å²) in [5, 5.41) is 15.6. The van der Waals surface area contributed by atoms with Crippen LogP contribution in [0.2, 0.25) is 0 Å². The summed E-state index contributed by atoms with van der Waals surface area (Å²) in [6, 6.07) is 3.95. The monoisotopic (exact) mass is 395 g/mol. The molecule has 1 heterocycles. The van der Waals surface area contributed by atoms with Crippen molar-refractivity contribution < 1.29 is 40.9 Å². The number of hydrogen-bond donors (Lipinski definition) is 3. The van der Waals surface area contributed by atoms with E-state index >= 15 is 0 Å². The number of hydrogen-bond acceptors (Lipinski definition) is 6. The summed E-state index contributed by atoms with van der Waals surface area (Å²) >= 11 is 0. The van der Waals surface area contributed by atoms with Gasteiger partial charge in [-0.25, -0.2) is 4.79 Å². The summed E-state index contributed by atoms with van der Waals surface area (Å²) in [6.07, 6.45) is 1.48. The average molecular weight is 395 g/mol. The van der Waals surface area contributed by atoms with Gasteiger partial charge in [0.25, 0.3) is 6.29 Å². The van der Waals surface area contributed by atoms with Crippen molar-refractivity contribution in [3.8, 4) is 0 Å². The molecule has 4 N–H and O–H groups in total. The van der Waals surface area contributed by atoms with E-state index in [1.54, 1.807) is 6.20 Å². The molecule has 1 aromatic rings. The topological polar surface area (TPSA) is 106 Å². The van der Waals surface area contributed by atoms with Gasteiger partial charge in [0, 0.05) is 33.5 Å². The van der Waals surface area contributed by atoms with Gasteiger partial charge in [-0.2, -0.15) is 5.90 Å². The van der Waals surface area contributed by atoms with Crippen molar-refractivity contribution in [1.82, 2.24) is 4.98 Å². The van der Waals surface area contributed by atoms with E-state index in [9.17, 15) is 4.79 Å². The second kappa shape index (κ2) is 9.73. The molecule has 1 aromatic heterocycles. The van der Waals surface area contributed by atoms with Crippen LogP contribution in [0.4, 0.5) is 0 Å². The average Bonchev–Trinajstić information content (AvgIpc) is 2.18. The van der Waals surface area contributed by atoms with E-state index in [0.717, 1.165) is 0 Å². The smallest absolute Gasteiger partial charge is 0.370 e. The molecule has 0 fully saturated rings. The largest absolute Gasteiger partial charge is 0.381 e. The molecule has 0 spiro atoms. The quantitative estimate of drug-likeness (QED) is 0.421. The Balaban J connectivity index is 0. The third-order valence-corrected chi connectivity index (χ3v) is 1.14. The van der Waals surface area contributed by atoms with Crippen molar-refractivity contribution in [3.63, 3.8) is 0 Å². The molecule has 6 nitrogen and oxygen atoms in total. The first-order valence-corrected chi connectivity index (χ1v) is 3.71. The molecule has 7 heteroatoms. The van der Waals surface area contributed by atoms with Crippen molar-refractivity contribution in [2.45, 2.75) is 13.2 Å². The van der Waals surface area contributed by atoms with E-state index in [1.807, 2.05) is 25.3 Å². The number of rotatable bonds is 1. The number of nitrogens with zero attached hydrogens (tertiary/aromatic N) is 1. The third-order valence-electron chi connectivity index (χ3n) is 1.14. The first kappa shape index (κ1) is 16.6. The molecular formula is C8H12N2O4Pt. The second-order valence-electron chi connectivity index (χ2n) is 2.34. The summed E-state index contributed by atoms with van der Waals surface area (Å²) in [7, 11) is 0. The van der Waals surface area contributed by atoms with E-state index in [0.29, 0.717) is 0 Å². The molecule has 0 aliphatic carbocycles. The Morgan fingerprint density at radius 1 is 1.60 bits per heavy atom. The first-order valence-electron chi connectivity index (χ1n) is 3.71. The summed E-state index contributed by atoms with van der Waals surface area (Å²) in [5.41, 5.74) is 1.21. The Hall–Kier alpha value is -0.812. The number of carbonyl (C=O) groups is 1. The maximum absolute atomic E-state index is 9.66. The molecule has 0 saturated heterocycles. The normalized spacial score (nSPS) is 8.33. The van der Waals surface area contributed by atoms with Gasteiger partial charge < -0.3 is 15.1 Å². The molecule has 0 aliphatic rings. The van der Waals surface area contributed by atoms with Crippen molar-refractivity contribution in [1.29, 1.82) is 0 Å². The van der Waals surface area contributed by atoms with E-state index in [4.69, 9.17) is 10.2 Å². The maximum Gasteiger partial charge on any atom is 0.381 e. The van der Waals surface area contributed by atoms with Gasteiger partial charge in [-0.05, 0) is 18.6 Å². The molecule has 0 aliphatic heterocycles. The number of aliphatic hydroxyl groups is 2. The number of nitrogens with two attached hydrogens (primary N) is 1. The third kappa shape index (κ3) is 9.49. The Morgan fingerprint density at radius 2 is 2.20 bits per heavy atom. The fourth-order valence-electron chi connectivity index (χ4n) is 0.509. The van der Waals surface area contributed by atoms with Crippen LogP contribution >= 0.6 is 0 Å². The Morgan fingerprint density at radius 3 is 2.33 bits per heavy atom. The minimum atomic E-state index is -2.12. The fraction of sp³-hybridized carbons (Fsp3) is 0.250. The number of aliphatic hydroxyl groups excluding tert-OH is 1. The van der Waals surface area contributed by atoms with Crippen molar-refractivity contribution in [3.05, 3.63) is 30.1 Å². The first-order chi connectivity index (χ1) is 6.57. The molecule has 1 rings (SSSR count). The minimum absolute atomic E-state index is 0. The van der Waals surface area contributed by atoms with Crippen LogP contribution in [0.25, 0.3) is 0 Å². The van der Waals surface area contributed by atoms with Gasteiger partial charge in [0.2, 0.25) is 0 Å². The summed E-state index contributed by atoms with van der Waals surface area (Å²) in [4.78, 5) is 16.9. The van der Waals surface area contributed by atoms with Gasteiger partial charge in [0.15, 0.2) is 0 Å². The summed E-state index contributed by atoms with van der Waals surface area (Å²) in [6.45, 7) is 2.02. The SMILES string of the molecule is Cc1cccnc1.NOC(=O)C(O)O.[Pt]. The van der Waals surface area contributed by atoms with Gasteiger partial charge >= 0.3 is 5.97 Å². The van der Waals surface area contributed by atoms with Crippen LogP contribution in [-0.4, -0.2) is 27.5 Å². The Labute approximate surface area is 101 Å². The standard InChI is InChI=1S/C6H7N.C2H5NO4.Pt/c1-6-3-2-4-7-5-6;3-7-2(6)1(4)5;/h2-5H,1H3;1,4-5H,3H2;. The van der Waals surface area contributed by atoms with Crippen LogP contribution in [0, 0.1) is 6.92 Å². The van der Waals surface area contributed by atoms with Gasteiger partial charge in [0.1, 0.15) is 0 Å². The number of aromatic nitrogens is 1. The van der Waals surface area contributed by atoms with E-state index in [-0.39, 0.29) is 21.1 Å². The number of pyridine rings is 1. The molecule has 0 atom stereocenters. The van der Waals surface area contributed by atoms with Gasteiger partial charge in [-0.1, -0.05) is 6.07 Å². The van der Waals surface area contributed by atoms with Crippen molar-refractivity contribution in [2.75, 3.05) is 0 Å². The van der Waals surface area contributed by atoms with Gasteiger partial charge in [0.05, 0.1) is 0 Å². The predicted molar refractivity (Wildman–Crippen MR) is 47.5 cm³/mol. The molecular weight excluding hydrogens is 383 g/mol. The summed E-state index contributed by atoms with van der Waals surface area (Å²) in [5.74, 6) is 2.94. The van der Waals surface area contributed by atoms with Gasteiger partial charge in [-0.3, -0.25) is 4.98 Å². The van der Waals surface area contributed by atoms with Gasteiger partial charge in [-0.15, -0.1) is 0 Å². The molecule has 0 aromatic carbocycles. The zero-order valence-electron chi connectivity index (χ0n) is 7.94. The van der Waals surface area contributed by atoms with Crippen LogP contribution in [0.1, 0.15) is 5.56 Å². The van der Waals surface area contributed by atoms with Crippen molar-refractivity contribution in [2.24, 2.45) is 5.90 Å². The molecule has 0 saturated carbocycles. The van der Waals surface area contributed by atoms with E-state index in [1.165, 1.54) is 5.56 Å². The number of aryl methyl sites for hydroxylation is 1. The molecule has 0 unspecified atom stereocenters. The van der Waals surface area contributed by atoms with Crippen LogP contribution in [0.3, 0.4) is 0 Å². The van der Waals surface area contributed by atoms with E-state index in [2.05, 4.69) is 15.7 Å². The summed E-state index contributed by atoms with van der Waals surface area (Å²) < 4.78 is 0. The van der Waals surface area contributed by atoms with Crippen molar-refractivity contribution >= 4 is 5.97 Å². The zero-order valence-corrected chi connectivity index (χ0v) is 10.2. The van der Waals surface area contributed by atoms with Crippen LogP contribution in [-0.2, 0) is 30.7 Å². The van der Waals surface area contributed by atoms with Crippen LogP contribution < -0.4 is 5.90 Å². The number of carbonyl (C=O) groups excluding carboxylic acids is 1. The maximum atomic E-state index is 9.66. The minimum Gasteiger partial charge on any atom is -0.370 e. The molecule has 0 amide bonds. The molecule has 0 radical (unpaired) electrons. The Kier molecular flexibility index (Phi) is 10.8. The zero-order chi connectivity index (χ0) is 11.0. The second-order valence-corrected chi connectivity index (χ2v) is 2.34. The molecule has 0 bridgehead atoms. The fourth-order valence-corrected chi connectivity index (χ4v) is 0.509. The van der Waals surface area contributed by atoms with E-state index < -0.39 is 12.3 Å². The molecule has 88 valence electrons. The molecule has 15 heavy (non-hydrogen) atoms. The Bertz CT molecular complexity index is 269. The van der Waals surface area contributed by atoms with Crippen LogP contribution in [0.5, 0.6) is 0 Å². The predicted octanol–water partition coefficient (Wildman–Crippen LogP) is -0.898.